The van der Waals surface area contributed by atoms with Crippen LogP contribution in [0.4, 0.5) is 4.39 Å². The zero-order valence-corrected chi connectivity index (χ0v) is 21.2. The summed E-state index contributed by atoms with van der Waals surface area (Å²) in [6, 6.07) is 6.99. The molecule has 190 valence electrons. The molecule has 4 rings (SSSR count). The van der Waals surface area contributed by atoms with Crippen LogP contribution in [0.5, 0.6) is 11.5 Å². The van der Waals surface area contributed by atoms with Gasteiger partial charge in [0, 0.05) is 11.6 Å². The number of H-pyrrole nitrogens is 1. The van der Waals surface area contributed by atoms with Gasteiger partial charge in [-0.25, -0.2) is 22.8 Å². The average Bonchev–Trinajstić information content (AvgIpc) is 3.48. The van der Waals surface area contributed by atoms with Crippen molar-refractivity contribution in [3.63, 3.8) is 0 Å². The summed E-state index contributed by atoms with van der Waals surface area (Å²) < 4.78 is 53.0. The SMILES string of the molecule is COc1cccc(OC)c1-n1c(CS(=O)(=O)[C@@H](C)[C@H](C)c2ncc(F)cn2)nnc1-c1cc(C)[nH]n1. The average molecular weight is 516 g/mol. The van der Waals surface area contributed by atoms with Crippen LogP contribution in [0, 0.1) is 12.7 Å². The molecule has 0 radical (unpaired) electrons. The summed E-state index contributed by atoms with van der Waals surface area (Å²) >= 11 is 0. The van der Waals surface area contributed by atoms with Crippen molar-refractivity contribution < 1.29 is 22.3 Å². The Hall–Kier alpha value is -3.87. The molecular weight excluding hydrogens is 489 g/mol. The Balaban J connectivity index is 1.81. The highest BCUT2D eigenvalue weighted by molar-refractivity contribution is 7.91. The van der Waals surface area contributed by atoms with Crippen molar-refractivity contribution >= 4 is 9.84 Å². The van der Waals surface area contributed by atoms with Crippen molar-refractivity contribution in [2.45, 2.75) is 37.7 Å². The second kappa shape index (κ2) is 10.0. The van der Waals surface area contributed by atoms with E-state index in [4.69, 9.17) is 9.47 Å². The molecule has 0 spiro atoms. The normalized spacial score (nSPS) is 13.4. The number of nitrogens with zero attached hydrogens (tertiary/aromatic N) is 6. The summed E-state index contributed by atoms with van der Waals surface area (Å²) in [5.41, 5.74) is 1.70. The van der Waals surface area contributed by atoms with E-state index in [9.17, 15) is 12.8 Å². The van der Waals surface area contributed by atoms with E-state index < -0.39 is 32.6 Å². The van der Waals surface area contributed by atoms with Gasteiger partial charge in [-0.15, -0.1) is 10.2 Å². The number of hydrogen-bond donors (Lipinski definition) is 1. The molecular formula is C23H26FN7O4S. The van der Waals surface area contributed by atoms with Gasteiger partial charge in [-0.2, -0.15) is 5.10 Å². The Kier molecular flexibility index (Phi) is 7.02. The molecule has 0 aliphatic rings. The fourth-order valence-corrected chi connectivity index (χ4v) is 5.34. The number of benzene rings is 1. The minimum absolute atomic E-state index is 0.146. The van der Waals surface area contributed by atoms with Crippen molar-refractivity contribution in [1.29, 1.82) is 0 Å². The zero-order chi connectivity index (χ0) is 26.0. The van der Waals surface area contributed by atoms with Gasteiger partial charge in [0.25, 0.3) is 0 Å². The highest BCUT2D eigenvalue weighted by Gasteiger charge is 2.33. The molecule has 1 N–H and O–H groups in total. The number of aromatic nitrogens is 7. The van der Waals surface area contributed by atoms with E-state index in [1.165, 1.54) is 14.2 Å². The maximum absolute atomic E-state index is 13.5. The molecule has 4 aromatic rings. The highest BCUT2D eigenvalue weighted by Crippen LogP contribution is 2.37. The van der Waals surface area contributed by atoms with Crippen LogP contribution in [0.3, 0.4) is 0 Å². The number of rotatable bonds is 9. The topological polar surface area (TPSA) is 138 Å². The number of halogens is 1. The largest absolute Gasteiger partial charge is 0.494 e. The van der Waals surface area contributed by atoms with Gasteiger partial charge in [0.2, 0.25) is 0 Å². The minimum atomic E-state index is -3.81. The van der Waals surface area contributed by atoms with Gasteiger partial charge in [-0.3, -0.25) is 9.67 Å². The van der Waals surface area contributed by atoms with Crippen molar-refractivity contribution in [2.24, 2.45) is 0 Å². The van der Waals surface area contributed by atoms with E-state index in [2.05, 4.69) is 30.4 Å². The lowest BCUT2D eigenvalue weighted by Gasteiger charge is -2.20. The van der Waals surface area contributed by atoms with Crippen molar-refractivity contribution in [3.05, 3.63) is 59.8 Å². The molecule has 3 aromatic heterocycles. The Labute approximate surface area is 207 Å². The van der Waals surface area contributed by atoms with Crippen LogP contribution in [0.1, 0.15) is 37.1 Å². The van der Waals surface area contributed by atoms with Crippen LogP contribution < -0.4 is 9.47 Å². The Morgan fingerprint density at radius 3 is 2.28 bits per heavy atom. The second-order valence-corrected chi connectivity index (χ2v) is 10.6. The number of aryl methyl sites for hydroxylation is 1. The van der Waals surface area contributed by atoms with Crippen LogP contribution in [0.25, 0.3) is 17.2 Å². The summed E-state index contributed by atoms with van der Waals surface area (Å²) in [4.78, 5) is 7.90. The minimum Gasteiger partial charge on any atom is -0.494 e. The third-order valence-corrected chi connectivity index (χ3v) is 8.14. The van der Waals surface area contributed by atoms with Gasteiger partial charge in [-0.05, 0) is 32.0 Å². The lowest BCUT2D eigenvalue weighted by molar-refractivity contribution is 0.390. The highest BCUT2D eigenvalue weighted by atomic mass is 32.2. The first-order chi connectivity index (χ1) is 17.2. The first-order valence-corrected chi connectivity index (χ1v) is 12.7. The number of sulfone groups is 1. The first-order valence-electron chi connectivity index (χ1n) is 11.0. The molecule has 11 nitrogen and oxygen atoms in total. The van der Waals surface area contributed by atoms with Crippen LogP contribution in [0.2, 0.25) is 0 Å². The molecule has 3 heterocycles. The van der Waals surface area contributed by atoms with Crippen molar-refractivity contribution in [1.82, 2.24) is 34.9 Å². The fraction of sp³-hybridized carbons (Fsp3) is 0.348. The molecule has 13 heteroatoms. The number of para-hydroxylation sites is 1. The van der Waals surface area contributed by atoms with Gasteiger partial charge in [0.1, 0.15) is 34.5 Å². The summed E-state index contributed by atoms with van der Waals surface area (Å²) in [7, 11) is -0.803. The van der Waals surface area contributed by atoms with Gasteiger partial charge >= 0.3 is 0 Å². The summed E-state index contributed by atoms with van der Waals surface area (Å²) in [6.07, 6.45) is 2.03. The molecule has 36 heavy (non-hydrogen) atoms. The second-order valence-electron chi connectivity index (χ2n) is 8.28. The van der Waals surface area contributed by atoms with Gasteiger partial charge in [0.15, 0.2) is 27.3 Å². The van der Waals surface area contributed by atoms with Crippen molar-refractivity contribution in [2.75, 3.05) is 14.2 Å². The van der Waals surface area contributed by atoms with Gasteiger partial charge in [-0.1, -0.05) is 13.0 Å². The van der Waals surface area contributed by atoms with Gasteiger partial charge < -0.3 is 9.47 Å². The number of nitrogens with one attached hydrogen (secondary N) is 1. The summed E-state index contributed by atoms with van der Waals surface area (Å²) in [6.45, 7) is 5.09. The number of methoxy groups -OCH3 is 2. The first kappa shape index (κ1) is 25.2. The Morgan fingerprint density at radius 1 is 1.08 bits per heavy atom. The van der Waals surface area contributed by atoms with Crippen LogP contribution in [-0.2, 0) is 15.6 Å². The van der Waals surface area contributed by atoms with Crippen LogP contribution in [-0.4, -0.2) is 62.8 Å². The molecule has 0 saturated carbocycles. The predicted molar refractivity (Wildman–Crippen MR) is 129 cm³/mol. The van der Waals surface area contributed by atoms with Crippen molar-refractivity contribution in [3.8, 4) is 28.7 Å². The predicted octanol–water partition coefficient (Wildman–Crippen LogP) is 3.02. The molecule has 0 bridgehead atoms. The quantitative estimate of drug-likeness (QED) is 0.356. The molecule has 0 saturated heterocycles. The fourth-order valence-electron chi connectivity index (χ4n) is 3.79. The van der Waals surface area contributed by atoms with E-state index in [0.29, 0.717) is 28.7 Å². The maximum Gasteiger partial charge on any atom is 0.189 e. The lowest BCUT2D eigenvalue weighted by Crippen LogP contribution is -2.27. The summed E-state index contributed by atoms with van der Waals surface area (Å²) in [5.74, 6) is -0.0832. The smallest absolute Gasteiger partial charge is 0.189 e. The molecule has 0 aliphatic heterocycles. The standard InChI is InChI=1S/C23H26FN7O4S/c1-13-9-17(28-27-13)23-30-29-20(31(23)21-18(34-4)7-6-8-19(21)35-5)12-36(32,33)15(3)14(2)22-25-10-16(24)11-26-22/h6-11,14-15H,12H2,1-5H3,(H,27,28)/t14-,15-/m0/s1. The molecule has 0 amide bonds. The van der Waals surface area contributed by atoms with E-state index in [1.54, 1.807) is 42.7 Å². The van der Waals surface area contributed by atoms with Crippen LogP contribution >= 0.6 is 0 Å². The van der Waals surface area contributed by atoms with E-state index >= 15 is 0 Å². The summed E-state index contributed by atoms with van der Waals surface area (Å²) in [5, 5.41) is 14.7. The van der Waals surface area contributed by atoms with E-state index in [1.807, 2.05) is 6.92 Å². The van der Waals surface area contributed by atoms with E-state index in [0.717, 1.165) is 18.1 Å². The molecule has 0 aliphatic carbocycles. The molecule has 1 aromatic carbocycles. The Bertz CT molecular complexity index is 1450. The zero-order valence-electron chi connectivity index (χ0n) is 20.4. The molecule has 2 atom stereocenters. The lowest BCUT2D eigenvalue weighted by atomic mass is 10.1. The maximum atomic E-state index is 13.5. The molecule has 0 fully saturated rings. The number of ether oxygens (including phenoxy) is 2. The van der Waals surface area contributed by atoms with Crippen LogP contribution in [0.15, 0.2) is 36.7 Å². The van der Waals surface area contributed by atoms with Gasteiger partial charge in [0.05, 0.1) is 31.9 Å². The monoisotopic (exact) mass is 515 g/mol. The third kappa shape index (κ3) is 4.78. The third-order valence-electron chi connectivity index (χ3n) is 5.94. The van der Waals surface area contributed by atoms with E-state index in [-0.39, 0.29) is 11.6 Å². The number of aromatic amines is 1. The Morgan fingerprint density at radius 2 is 1.72 bits per heavy atom. The molecule has 0 unspecified atom stereocenters. The number of hydrogen-bond acceptors (Lipinski definition) is 9.